The lowest BCUT2D eigenvalue weighted by Gasteiger charge is -2.27. The molecule has 7 nitrogen and oxygen atoms in total. The highest BCUT2D eigenvalue weighted by molar-refractivity contribution is 5.92. The largest absolute Gasteiger partial charge is 0.504 e. The summed E-state index contributed by atoms with van der Waals surface area (Å²) < 4.78 is 42.7. The van der Waals surface area contributed by atoms with Gasteiger partial charge in [0.15, 0.2) is 11.6 Å². The highest BCUT2D eigenvalue weighted by Crippen LogP contribution is 2.43. The molecule has 4 N–H and O–H groups in total. The van der Waals surface area contributed by atoms with Crippen LogP contribution in [0.1, 0.15) is 30.9 Å². The predicted octanol–water partition coefficient (Wildman–Crippen LogP) is 1.89. The van der Waals surface area contributed by atoms with E-state index in [4.69, 9.17) is 5.73 Å². The molecule has 1 aromatic carbocycles. The van der Waals surface area contributed by atoms with Gasteiger partial charge in [-0.3, -0.25) is 23.1 Å². The maximum absolute atomic E-state index is 15.2. The first-order valence-corrected chi connectivity index (χ1v) is 10.1. The number of phenols is 1. The van der Waals surface area contributed by atoms with Crippen molar-refractivity contribution in [1.82, 2.24) is 9.55 Å². The van der Waals surface area contributed by atoms with Crippen molar-refractivity contribution in [3.05, 3.63) is 32.2 Å². The zero-order chi connectivity index (χ0) is 21.7. The van der Waals surface area contributed by atoms with E-state index in [1.807, 2.05) is 0 Å². The lowest BCUT2D eigenvalue weighted by Crippen LogP contribution is -2.41. The zero-order valence-corrected chi connectivity index (χ0v) is 16.6. The number of nitrogens with two attached hydrogens (primary N) is 1. The molecule has 2 heterocycles. The highest BCUT2D eigenvalue weighted by atomic mass is 19.1. The van der Waals surface area contributed by atoms with Gasteiger partial charge in [-0.1, -0.05) is 0 Å². The maximum atomic E-state index is 15.2. The number of H-pyrrole nitrogens is 1. The lowest BCUT2D eigenvalue weighted by molar-refractivity contribution is 0.217. The van der Waals surface area contributed by atoms with Crippen molar-refractivity contribution >= 4 is 16.6 Å². The van der Waals surface area contributed by atoms with Crippen LogP contribution >= 0.6 is 0 Å². The number of aromatic amines is 1. The number of rotatable bonds is 6. The average molecular weight is 426 g/mol. The van der Waals surface area contributed by atoms with Crippen LogP contribution in [0.4, 0.5) is 18.9 Å². The Hall–Kier alpha value is -2.49. The van der Waals surface area contributed by atoms with Crippen molar-refractivity contribution < 1.29 is 18.3 Å². The fourth-order valence-electron chi connectivity index (χ4n) is 4.63. The normalized spacial score (nSPS) is 20.5. The predicted molar refractivity (Wildman–Crippen MR) is 107 cm³/mol. The van der Waals surface area contributed by atoms with Gasteiger partial charge >= 0.3 is 5.69 Å². The summed E-state index contributed by atoms with van der Waals surface area (Å²) in [6.07, 6.45) is 2.02. The van der Waals surface area contributed by atoms with E-state index in [0.29, 0.717) is 18.5 Å². The second-order valence-corrected chi connectivity index (χ2v) is 8.36. The first-order valence-electron chi connectivity index (χ1n) is 10.1. The number of hydrogen-bond acceptors (Lipinski definition) is 5. The Morgan fingerprint density at radius 3 is 2.50 bits per heavy atom. The first kappa shape index (κ1) is 20.8. The zero-order valence-electron chi connectivity index (χ0n) is 16.6. The third-order valence-electron chi connectivity index (χ3n) is 6.45. The number of nitrogens with one attached hydrogen (secondary N) is 1. The number of aryl methyl sites for hydroxylation is 1. The Bertz CT molecular complexity index is 1090. The van der Waals surface area contributed by atoms with Gasteiger partial charge in [0.05, 0.1) is 24.6 Å². The average Bonchev–Trinajstić information content (AvgIpc) is 3.43. The minimum absolute atomic E-state index is 0.0890. The number of anilines is 1. The molecule has 1 aliphatic carbocycles. The Labute approximate surface area is 170 Å². The third kappa shape index (κ3) is 3.17. The van der Waals surface area contributed by atoms with Crippen LogP contribution in [0.25, 0.3) is 10.9 Å². The number of benzene rings is 1. The summed E-state index contributed by atoms with van der Waals surface area (Å²) >= 11 is 0. The van der Waals surface area contributed by atoms with Gasteiger partial charge in [0.1, 0.15) is 5.39 Å². The van der Waals surface area contributed by atoms with Crippen molar-refractivity contribution in [2.45, 2.75) is 38.3 Å². The molecule has 2 aromatic rings. The minimum atomic E-state index is -0.951. The molecule has 0 spiro atoms. The second-order valence-electron chi connectivity index (χ2n) is 8.36. The van der Waals surface area contributed by atoms with Crippen LogP contribution in [-0.4, -0.2) is 47.1 Å². The SMILES string of the molecule is Cc1c(N2CCC(C(N)C(CF)CF)C2)c(F)c(O)c2c(=O)[nH]c(=O)n(C3CC3)c12. The van der Waals surface area contributed by atoms with E-state index in [9.17, 15) is 23.5 Å². The highest BCUT2D eigenvalue weighted by Gasteiger charge is 2.36. The van der Waals surface area contributed by atoms with E-state index in [1.165, 1.54) is 4.57 Å². The van der Waals surface area contributed by atoms with Gasteiger partial charge in [-0.15, -0.1) is 0 Å². The number of aromatic hydroxyl groups is 1. The van der Waals surface area contributed by atoms with Crippen LogP contribution in [0.15, 0.2) is 9.59 Å². The Morgan fingerprint density at radius 1 is 1.23 bits per heavy atom. The smallest absolute Gasteiger partial charge is 0.329 e. The molecule has 1 aromatic heterocycles. The second kappa shape index (κ2) is 7.64. The third-order valence-corrected chi connectivity index (χ3v) is 6.45. The molecule has 4 rings (SSSR count). The lowest BCUT2D eigenvalue weighted by atomic mass is 9.90. The summed E-state index contributed by atoms with van der Waals surface area (Å²) in [6.45, 7) is 0.515. The molecular formula is C20H25F3N4O3. The van der Waals surface area contributed by atoms with Crippen LogP contribution in [0.2, 0.25) is 0 Å². The summed E-state index contributed by atoms with van der Waals surface area (Å²) in [5.74, 6) is -2.92. The molecule has 164 valence electrons. The number of alkyl halides is 2. The van der Waals surface area contributed by atoms with Gasteiger partial charge in [0.25, 0.3) is 5.56 Å². The monoisotopic (exact) mass is 426 g/mol. The van der Waals surface area contributed by atoms with Gasteiger partial charge in [-0.05, 0) is 32.1 Å². The summed E-state index contributed by atoms with van der Waals surface area (Å²) in [5.41, 5.74) is 5.30. The number of fused-ring (bicyclic) bond motifs is 1. The Kier molecular flexibility index (Phi) is 5.29. The molecule has 1 aliphatic heterocycles. The molecule has 30 heavy (non-hydrogen) atoms. The summed E-state index contributed by atoms with van der Waals surface area (Å²) in [4.78, 5) is 28.6. The van der Waals surface area contributed by atoms with Crippen molar-refractivity contribution in [2.75, 3.05) is 31.3 Å². The fourth-order valence-corrected chi connectivity index (χ4v) is 4.63. The van der Waals surface area contributed by atoms with Crippen molar-refractivity contribution in [1.29, 1.82) is 0 Å². The quantitative estimate of drug-likeness (QED) is 0.654. The summed E-state index contributed by atoms with van der Waals surface area (Å²) in [6, 6.07) is -0.821. The molecule has 2 atom stereocenters. The number of halogens is 3. The molecule has 2 unspecified atom stereocenters. The molecule has 2 fully saturated rings. The molecule has 2 aliphatic rings. The van der Waals surface area contributed by atoms with Crippen molar-refractivity contribution in [3.8, 4) is 5.75 Å². The van der Waals surface area contributed by atoms with Gasteiger partial charge in [0, 0.05) is 36.7 Å². The summed E-state index contributed by atoms with van der Waals surface area (Å²) in [5, 5.41) is 10.3. The van der Waals surface area contributed by atoms with Crippen molar-refractivity contribution in [2.24, 2.45) is 17.6 Å². The van der Waals surface area contributed by atoms with Gasteiger partial charge in [0.2, 0.25) is 0 Å². The summed E-state index contributed by atoms with van der Waals surface area (Å²) in [7, 11) is 0. The van der Waals surface area contributed by atoms with Gasteiger partial charge in [-0.25, -0.2) is 9.18 Å². The van der Waals surface area contributed by atoms with Crippen LogP contribution in [0.5, 0.6) is 5.75 Å². The minimum Gasteiger partial charge on any atom is -0.504 e. The topological polar surface area (TPSA) is 104 Å². The van der Waals surface area contributed by atoms with Gasteiger partial charge < -0.3 is 15.7 Å². The molecule has 1 saturated carbocycles. The van der Waals surface area contributed by atoms with E-state index in [-0.39, 0.29) is 35.1 Å². The Balaban J connectivity index is 1.82. The van der Waals surface area contributed by atoms with Gasteiger partial charge in [-0.2, -0.15) is 0 Å². The van der Waals surface area contributed by atoms with Crippen molar-refractivity contribution in [3.63, 3.8) is 0 Å². The van der Waals surface area contributed by atoms with Crippen LogP contribution in [0, 0.1) is 24.6 Å². The first-order chi connectivity index (χ1) is 14.3. The van der Waals surface area contributed by atoms with Crippen LogP contribution < -0.4 is 21.9 Å². The van der Waals surface area contributed by atoms with E-state index in [0.717, 1.165) is 12.8 Å². The van der Waals surface area contributed by atoms with E-state index in [2.05, 4.69) is 4.98 Å². The molecular weight excluding hydrogens is 401 g/mol. The molecule has 0 bridgehead atoms. The van der Waals surface area contributed by atoms with E-state index in [1.54, 1.807) is 11.8 Å². The number of aromatic nitrogens is 2. The van der Waals surface area contributed by atoms with Crippen LogP contribution in [-0.2, 0) is 0 Å². The van der Waals surface area contributed by atoms with E-state index < -0.39 is 48.1 Å². The number of nitrogens with zero attached hydrogens (tertiary/aromatic N) is 2. The van der Waals surface area contributed by atoms with E-state index >= 15 is 4.39 Å². The molecule has 10 heteroatoms. The fraction of sp³-hybridized carbons (Fsp3) is 0.600. The number of hydrogen-bond donors (Lipinski definition) is 3. The molecule has 0 radical (unpaired) electrons. The van der Waals surface area contributed by atoms with Crippen LogP contribution in [0.3, 0.4) is 0 Å². The standard InChI is InChI=1S/C20H25F3N4O3/c1-9-16-13(19(29)25-20(30)27(16)12-2-3-12)18(28)14(23)17(9)26-5-4-10(8-26)15(24)11(6-21)7-22/h10-12,15,28H,2-8,24H2,1H3,(H,25,29,30). The number of phenolic OH excluding ortho intramolecular Hbond substituents is 1. The molecule has 1 saturated heterocycles. The molecule has 0 amide bonds. The maximum Gasteiger partial charge on any atom is 0.329 e. The Morgan fingerprint density at radius 2 is 1.90 bits per heavy atom.